The zero-order valence-electron chi connectivity index (χ0n) is 11.7. The van der Waals surface area contributed by atoms with E-state index in [1.54, 1.807) is 18.3 Å². The van der Waals surface area contributed by atoms with E-state index in [0.717, 1.165) is 16.7 Å². The average molecular weight is 340 g/mol. The molecule has 0 spiro atoms. The minimum Gasteiger partial charge on any atom is -0.389 e. The van der Waals surface area contributed by atoms with Crippen LogP contribution in [0.2, 0.25) is 10.0 Å². The number of thiocarbonyl (C=S) groups is 1. The number of pyridine rings is 1. The number of hydrogen-bond acceptors (Lipinski definition) is 3. The Morgan fingerprint density at radius 1 is 1.33 bits per heavy atom. The number of halogens is 2. The smallest absolute Gasteiger partial charge is 0.136 e. The van der Waals surface area contributed by atoms with Crippen molar-refractivity contribution in [3.05, 3.63) is 57.2 Å². The van der Waals surface area contributed by atoms with Crippen LogP contribution in [0, 0.1) is 6.92 Å². The summed E-state index contributed by atoms with van der Waals surface area (Å²) in [5.74, 6) is 0.654. The highest BCUT2D eigenvalue weighted by Gasteiger charge is 2.15. The predicted molar refractivity (Wildman–Crippen MR) is 93.4 cm³/mol. The van der Waals surface area contributed by atoms with E-state index in [1.807, 2.05) is 26.0 Å². The first-order chi connectivity index (χ1) is 9.90. The van der Waals surface area contributed by atoms with Crippen LogP contribution in [0.4, 0.5) is 5.82 Å². The van der Waals surface area contributed by atoms with Crippen molar-refractivity contribution in [1.29, 1.82) is 0 Å². The van der Waals surface area contributed by atoms with Crippen LogP contribution in [0.1, 0.15) is 29.7 Å². The van der Waals surface area contributed by atoms with Gasteiger partial charge in [0.15, 0.2) is 0 Å². The number of nitrogens with zero attached hydrogens (tertiary/aromatic N) is 1. The van der Waals surface area contributed by atoms with Crippen molar-refractivity contribution in [2.45, 2.75) is 19.9 Å². The largest absolute Gasteiger partial charge is 0.389 e. The second kappa shape index (κ2) is 6.60. The molecule has 1 aromatic carbocycles. The fourth-order valence-corrected chi connectivity index (χ4v) is 2.94. The lowest BCUT2D eigenvalue weighted by molar-refractivity contribution is 0.873. The molecule has 0 saturated carbocycles. The van der Waals surface area contributed by atoms with Gasteiger partial charge >= 0.3 is 0 Å². The molecular weight excluding hydrogens is 325 g/mol. The molecule has 0 fully saturated rings. The van der Waals surface area contributed by atoms with Crippen LogP contribution in [0.25, 0.3) is 0 Å². The van der Waals surface area contributed by atoms with Crippen LogP contribution >= 0.6 is 35.4 Å². The number of aryl methyl sites for hydroxylation is 1. The van der Waals surface area contributed by atoms with Gasteiger partial charge in [0, 0.05) is 16.2 Å². The first kappa shape index (κ1) is 16.0. The van der Waals surface area contributed by atoms with Crippen molar-refractivity contribution in [1.82, 2.24) is 4.98 Å². The van der Waals surface area contributed by atoms with Gasteiger partial charge in [0.2, 0.25) is 0 Å². The molecule has 0 amide bonds. The molecule has 1 aromatic heterocycles. The van der Waals surface area contributed by atoms with E-state index in [4.69, 9.17) is 41.2 Å². The zero-order chi connectivity index (χ0) is 15.6. The van der Waals surface area contributed by atoms with E-state index >= 15 is 0 Å². The van der Waals surface area contributed by atoms with E-state index in [2.05, 4.69) is 10.3 Å². The summed E-state index contributed by atoms with van der Waals surface area (Å²) in [6, 6.07) is 7.23. The van der Waals surface area contributed by atoms with Gasteiger partial charge in [0.1, 0.15) is 10.8 Å². The fraction of sp³-hybridized carbons (Fsp3) is 0.200. The summed E-state index contributed by atoms with van der Waals surface area (Å²) in [6.07, 6.45) is 1.72. The fourth-order valence-electron chi connectivity index (χ4n) is 2.11. The Morgan fingerprint density at radius 3 is 2.67 bits per heavy atom. The van der Waals surface area contributed by atoms with E-state index in [0.29, 0.717) is 20.9 Å². The van der Waals surface area contributed by atoms with Crippen LogP contribution in [0.5, 0.6) is 0 Å². The predicted octanol–water partition coefficient (Wildman–Crippen LogP) is 4.50. The van der Waals surface area contributed by atoms with Gasteiger partial charge in [-0.2, -0.15) is 0 Å². The summed E-state index contributed by atoms with van der Waals surface area (Å²) in [7, 11) is 0. The highest BCUT2D eigenvalue weighted by Crippen LogP contribution is 2.29. The van der Waals surface area contributed by atoms with Crippen molar-refractivity contribution in [2.24, 2.45) is 5.73 Å². The van der Waals surface area contributed by atoms with E-state index in [-0.39, 0.29) is 6.04 Å². The SMILES string of the molecule is Cc1ccnc(NC(C)c2ccc(Cl)cc2Cl)c1C(N)=S. The minimum atomic E-state index is -0.0582. The Kier molecular flexibility index (Phi) is 5.04. The Morgan fingerprint density at radius 2 is 2.05 bits per heavy atom. The highest BCUT2D eigenvalue weighted by atomic mass is 35.5. The van der Waals surface area contributed by atoms with Gasteiger partial charge in [-0.25, -0.2) is 4.98 Å². The first-order valence-corrected chi connectivity index (χ1v) is 7.53. The number of rotatable bonds is 4. The van der Waals surface area contributed by atoms with Crippen molar-refractivity contribution < 1.29 is 0 Å². The first-order valence-electron chi connectivity index (χ1n) is 6.37. The van der Waals surface area contributed by atoms with Crippen molar-refractivity contribution in [3.8, 4) is 0 Å². The Hall–Kier alpha value is -1.36. The molecule has 3 nitrogen and oxygen atoms in total. The molecule has 110 valence electrons. The van der Waals surface area contributed by atoms with Gasteiger partial charge < -0.3 is 11.1 Å². The van der Waals surface area contributed by atoms with Gasteiger partial charge in [0.05, 0.1) is 11.6 Å². The molecule has 1 atom stereocenters. The molecule has 0 saturated heterocycles. The molecule has 21 heavy (non-hydrogen) atoms. The highest BCUT2D eigenvalue weighted by molar-refractivity contribution is 7.80. The molecule has 6 heteroatoms. The third-order valence-electron chi connectivity index (χ3n) is 3.19. The maximum atomic E-state index is 6.23. The van der Waals surface area contributed by atoms with Gasteiger partial charge in [0.25, 0.3) is 0 Å². The van der Waals surface area contributed by atoms with Gasteiger partial charge in [-0.3, -0.25) is 0 Å². The Labute approximate surface area is 139 Å². The number of anilines is 1. The summed E-state index contributed by atoms with van der Waals surface area (Å²) in [5.41, 5.74) is 8.45. The molecule has 0 bridgehead atoms. The van der Waals surface area contributed by atoms with Crippen LogP contribution in [-0.4, -0.2) is 9.97 Å². The molecule has 0 aliphatic carbocycles. The third-order valence-corrected chi connectivity index (χ3v) is 3.95. The van der Waals surface area contributed by atoms with Crippen LogP contribution in [0.3, 0.4) is 0 Å². The van der Waals surface area contributed by atoms with E-state index < -0.39 is 0 Å². The molecular formula is C15H15Cl2N3S. The number of benzene rings is 1. The van der Waals surface area contributed by atoms with Crippen molar-refractivity contribution in [3.63, 3.8) is 0 Å². The molecule has 1 unspecified atom stereocenters. The standard InChI is InChI=1S/C15H15Cl2N3S/c1-8-5-6-19-15(13(8)14(18)21)20-9(2)11-4-3-10(16)7-12(11)17/h3-7,9H,1-2H3,(H2,18,21)(H,19,20). The Balaban J connectivity index is 2.34. The van der Waals surface area contributed by atoms with Gasteiger partial charge in [-0.15, -0.1) is 0 Å². The van der Waals surface area contributed by atoms with E-state index in [9.17, 15) is 0 Å². The van der Waals surface area contributed by atoms with Gasteiger partial charge in [-0.05, 0) is 43.2 Å². The Bertz CT molecular complexity index is 689. The normalized spacial score (nSPS) is 12.0. The molecule has 0 aliphatic rings. The van der Waals surface area contributed by atoms with Crippen LogP contribution in [-0.2, 0) is 0 Å². The molecule has 3 N–H and O–H groups in total. The maximum Gasteiger partial charge on any atom is 0.136 e. The lowest BCUT2D eigenvalue weighted by Crippen LogP contribution is -2.17. The van der Waals surface area contributed by atoms with Crippen LogP contribution in [0.15, 0.2) is 30.5 Å². The second-order valence-electron chi connectivity index (χ2n) is 4.75. The molecule has 0 radical (unpaired) electrons. The summed E-state index contributed by atoms with van der Waals surface area (Å²) < 4.78 is 0. The summed E-state index contributed by atoms with van der Waals surface area (Å²) in [5, 5.41) is 4.51. The lowest BCUT2D eigenvalue weighted by atomic mass is 10.1. The number of nitrogens with one attached hydrogen (secondary N) is 1. The molecule has 0 aliphatic heterocycles. The molecule has 1 heterocycles. The molecule has 2 rings (SSSR count). The zero-order valence-corrected chi connectivity index (χ0v) is 14.0. The summed E-state index contributed by atoms with van der Waals surface area (Å²) in [4.78, 5) is 4.64. The third kappa shape index (κ3) is 3.64. The number of hydrogen-bond donors (Lipinski definition) is 2. The summed E-state index contributed by atoms with van der Waals surface area (Å²) in [6.45, 7) is 3.93. The summed E-state index contributed by atoms with van der Waals surface area (Å²) >= 11 is 17.3. The lowest BCUT2D eigenvalue weighted by Gasteiger charge is -2.19. The van der Waals surface area contributed by atoms with Gasteiger partial charge in [-0.1, -0.05) is 41.5 Å². The van der Waals surface area contributed by atoms with Crippen molar-refractivity contribution in [2.75, 3.05) is 5.32 Å². The molecule has 2 aromatic rings. The maximum absolute atomic E-state index is 6.23. The minimum absolute atomic E-state index is 0.0582. The van der Waals surface area contributed by atoms with Crippen LogP contribution < -0.4 is 11.1 Å². The van der Waals surface area contributed by atoms with Crippen molar-refractivity contribution >= 4 is 46.2 Å². The average Bonchev–Trinajstić information content (AvgIpc) is 2.37. The number of aromatic nitrogens is 1. The van der Waals surface area contributed by atoms with E-state index in [1.165, 1.54) is 0 Å². The monoisotopic (exact) mass is 339 g/mol. The second-order valence-corrected chi connectivity index (χ2v) is 6.03. The topological polar surface area (TPSA) is 50.9 Å². The number of nitrogens with two attached hydrogens (primary N) is 1. The quantitative estimate of drug-likeness (QED) is 0.805.